The van der Waals surface area contributed by atoms with Gasteiger partial charge in [0, 0.05) is 13.0 Å². The highest BCUT2D eigenvalue weighted by Crippen LogP contribution is 2.63. The van der Waals surface area contributed by atoms with Crippen LogP contribution in [0.3, 0.4) is 0 Å². The van der Waals surface area contributed by atoms with E-state index in [2.05, 4.69) is 0 Å². The number of phenolic OH excluding ortho intramolecular Hbond substituents is 1. The molecule has 1 N–H and O–H groups in total. The lowest BCUT2D eigenvalue weighted by molar-refractivity contribution is -0.138. The number of halogens is 2. The Labute approximate surface area is 253 Å². The normalized spacial score (nSPS) is 32.3. The second-order valence-corrected chi connectivity index (χ2v) is 12.6. The third-order valence-corrected chi connectivity index (χ3v) is 10.8. The molecule has 2 aromatic carbocycles. The van der Waals surface area contributed by atoms with E-state index in [1.165, 1.54) is 25.1 Å². The Hall–Kier alpha value is -3.62. The highest BCUT2D eigenvalue weighted by atomic mass is 35.5. The number of methoxy groups -OCH3 is 1. The van der Waals surface area contributed by atoms with Crippen LogP contribution in [0.25, 0.3) is 6.08 Å². The van der Waals surface area contributed by atoms with Gasteiger partial charge in [-0.2, -0.15) is 0 Å². The number of rotatable bonds is 5. The number of nitrogens with zero attached hydrogens (tertiary/aromatic N) is 2. The number of aryl methyl sites for hydroxylation is 1. The summed E-state index contributed by atoms with van der Waals surface area (Å²) in [5.74, 6) is -4.44. The lowest BCUT2D eigenvalue weighted by Gasteiger charge is -2.49. The van der Waals surface area contributed by atoms with E-state index in [9.17, 15) is 24.3 Å². The van der Waals surface area contributed by atoms with E-state index < -0.39 is 45.2 Å². The second-order valence-electron chi connectivity index (χ2n) is 11.4. The van der Waals surface area contributed by atoms with E-state index in [1.807, 2.05) is 25.1 Å². The third-order valence-electron chi connectivity index (χ3n) is 9.36. The number of ether oxygens (including phenoxy) is 1. The van der Waals surface area contributed by atoms with Crippen LogP contribution in [0.2, 0.25) is 0 Å². The van der Waals surface area contributed by atoms with E-state index in [4.69, 9.17) is 27.9 Å². The van der Waals surface area contributed by atoms with Crippen molar-refractivity contribution in [1.29, 1.82) is 0 Å². The zero-order valence-electron chi connectivity index (χ0n) is 23.3. The van der Waals surface area contributed by atoms with Gasteiger partial charge in [-0.1, -0.05) is 48.9 Å². The van der Waals surface area contributed by atoms with E-state index in [0.29, 0.717) is 23.2 Å². The zero-order chi connectivity index (χ0) is 30.1. The summed E-state index contributed by atoms with van der Waals surface area (Å²) in [5.41, 5.74) is 2.96. The molecule has 0 bridgehead atoms. The third kappa shape index (κ3) is 3.81. The predicted molar refractivity (Wildman–Crippen MR) is 158 cm³/mol. The Kier molecular flexibility index (Phi) is 6.78. The number of phenols is 1. The lowest BCUT2D eigenvalue weighted by atomic mass is 9.57. The fourth-order valence-corrected chi connectivity index (χ4v) is 8.11. The molecule has 0 radical (unpaired) electrons. The molecule has 0 spiro atoms. The highest BCUT2D eigenvalue weighted by molar-refractivity contribution is 6.53. The highest BCUT2D eigenvalue weighted by Gasteiger charge is 2.75. The first kappa shape index (κ1) is 28.5. The summed E-state index contributed by atoms with van der Waals surface area (Å²) in [6, 6.07) is 12.1. The number of carbonyl (C=O) groups excluding carboxylic acids is 4. The van der Waals surface area contributed by atoms with Gasteiger partial charge in [0.2, 0.25) is 11.8 Å². The Balaban J connectivity index is 1.44. The molecule has 2 aromatic rings. The molecule has 10 heteroatoms. The Morgan fingerprint density at radius 1 is 1.02 bits per heavy atom. The van der Waals surface area contributed by atoms with Crippen molar-refractivity contribution < 1.29 is 29.0 Å². The molecule has 8 nitrogen and oxygen atoms in total. The topological polar surface area (TPSA) is 104 Å². The number of alkyl halides is 2. The Morgan fingerprint density at radius 2 is 1.74 bits per heavy atom. The van der Waals surface area contributed by atoms with Crippen LogP contribution in [0.5, 0.6) is 11.5 Å². The van der Waals surface area contributed by atoms with Crippen molar-refractivity contribution in [1.82, 2.24) is 4.90 Å². The number of hydrogen-bond acceptors (Lipinski definition) is 6. The summed E-state index contributed by atoms with van der Waals surface area (Å²) in [7, 11) is 2.79. The van der Waals surface area contributed by atoms with E-state index in [-0.39, 0.29) is 29.7 Å². The maximum atomic E-state index is 14.0. The number of aromatic hydroxyl groups is 1. The minimum Gasteiger partial charge on any atom is -0.504 e. The molecular formula is C32H30Cl2N2O6. The Morgan fingerprint density at radius 3 is 2.40 bits per heavy atom. The van der Waals surface area contributed by atoms with Gasteiger partial charge in [0.25, 0.3) is 11.8 Å². The molecule has 4 amide bonds. The van der Waals surface area contributed by atoms with Crippen LogP contribution in [-0.2, 0) is 25.6 Å². The number of fused-ring (bicyclic) bond motifs is 4. The van der Waals surface area contributed by atoms with Crippen molar-refractivity contribution in [3.05, 3.63) is 71.3 Å². The molecule has 2 aliphatic carbocycles. The predicted octanol–water partition coefficient (Wildman–Crippen LogP) is 4.70. The fraction of sp³-hybridized carbons (Fsp3) is 0.375. The molecule has 3 fully saturated rings. The molecule has 1 saturated carbocycles. The number of benzene rings is 2. The van der Waals surface area contributed by atoms with Crippen LogP contribution >= 0.6 is 23.2 Å². The zero-order valence-corrected chi connectivity index (χ0v) is 24.9. The van der Waals surface area contributed by atoms with Crippen molar-refractivity contribution in [2.24, 2.45) is 23.7 Å². The number of hydrogen-bond donors (Lipinski definition) is 1. The van der Waals surface area contributed by atoms with E-state index >= 15 is 0 Å². The first-order chi connectivity index (χ1) is 20.0. The average molecular weight is 610 g/mol. The summed E-state index contributed by atoms with van der Waals surface area (Å²) in [5, 5.41) is 10.0. The quantitative estimate of drug-likeness (QED) is 0.300. The number of anilines is 1. The van der Waals surface area contributed by atoms with Gasteiger partial charge in [0.1, 0.15) is 0 Å². The van der Waals surface area contributed by atoms with Gasteiger partial charge in [0.15, 0.2) is 21.2 Å². The summed E-state index contributed by atoms with van der Waals surface area (Å²) < 4.78 is 5.22. The summed E-state index contributed by atoms with van der Waals surface area (Å²) in [4.78, 5) is 53.3. The molecule has 42 heavy (non-hydrogen) atoms. The van der Waals surface area contributed by atoms with Crippen LogP contribution in [0.4, 0.5) is 5.69 Å². The molecule has 2 aliphatic heterocycles. The average Bonchev–Trinajstić information content (AvgIpc) is 3.32. The molecule has 2 heterocycles. The van der Waals surface area contributed by atoms with Crippen molar-refractivity contribution in [2.45, 2.75) is 35.9 Å². The van der Waals surface area contributed by atoms with E-state index in [1.54, 1.807) is 36.4 Å². The van der Waals surface area contributed by atoms with Gasteiger partial charge in [0.05, 0.1) is 24.6 Å². The first-order valence-electron chi connectivity index (χ1n) is 13.9. The van der Waals surface area contributed by atoms with Gasteiger partial charge < -0.3 is 9.84 Å². The maximum Gasteiger partial charge on any atom is 0.253 e. The smallest absolute Gasteiger partial charge is 0.253 e. The molecule has 2 saturated heterocycles. The SMILES string of the molecule is CCc1ccc(N2C(=O)C3CC=C4C(CC5(Cl)C(=O)N(C)C(=O)C5(Cl)C4C=Cc4ccc(O)c(OC)c4)C3C2=O)cc1. The standard InChI is InChI=1S/C32H30Cl2N2O6/c1-4-17-5-9-19(10-6-17)36-27(38)21-12-11-20-22(26(21)28(36)39)16-31(33)29(40)35(2)30(41)32(31,34)23(20)13-7-18-8-14-24(37)25(15-18)42-3/h5-11,13-15,21-23,26,37H,4,12,16H2,1-3H3. The van der Waals surface area contributed by atoms with Gasteiger partial charge in [-0.3, -0.25) is 29.0 Å². The molecule has 4 aliphatic rings. The van der Waals surface area contributed by atoms with Gasteiger partial charge in [-0.05, 0) is 60.6 Å². The molecule has 6 atom stereocenters. The molecule has 6 rings (SSSR count). The van der Waals surface area contributed by atoms with Crippen molar-refractivity contribution in [3.63, 3.8) is 0 Å². The number of amides is 4. The Bertz CT molecular complexity index is 1590. The number of imide groups is 2. The van der Waals surface area contributed by atoms with Crippen LogP contribution < -0.4 is 9.64 Å². The van der Waals surface area contributed by atoms with Crippen molar-refractivity contribution >= 4 is 58.6 Å². The second kappa shape index (κ2) is 9.99. The van der Waals surface area contributed by atoms with E-state index in [0.717, 1.165) is 16.9 Å². The minimum absolute atomic E-state index is 0.0292. The largest absolute Gasteiger partial charge is 0.504 e. The first-order valence-corrected chi connectivity index (χ1v) is 14.7. The van der Waals surface area contributed by atoms with Gasteiger partial charge in [-0.15, -0.1) is 23.2 Å². The molecular weight excluding hydrogens is 579 g/mol. The van der Waals surface area contributed by atoms with Crippen LogP contribution in [0, 0.1) is 23.7 Å². The van der Waals surface area contributed by atoms with Crippen LogP contribution in [0.15, 0.2) is 60.2 Å². The maximum absolute atomic E-state index is 14.0. The molecule has 0 aromatic heterocycles. The lowest BCUT2D eigenvalue weighted by Crippen LogP contribution is -2.60. The van der Waals surface area contributed by atoms with Gasteiger partial charge >= 0.3 is 0 Å². The van der Waals surface area contributed by atoms with Gasteiger partial charge in [-0.25, -0.2) is 0 Å². The van der Waals surface area contributed by atoms with Crippen LogP contribution in [-0.4, -0.2) is 57.5 Å². The van der Waals surface area contributed by atoms with Crippen molar-refractivity contribution in [2.75, 3.05) is 19.1 Å². The summed E-state index contributed by atoms with van der Waals surface area (Å²) in [6.07, 6.45) is 6.41. The minimum atomic E-state index is -1.84. The molecule has 218 valence electrons. The van der Waals surface area contributed by atoms with Crippen molar-refractivity contribution in [3.8, 4) is 11.5 Å². The fourth-order valence-electron chi connectivity index (χ4n) is 7.13. The number of carbonyl (C=O) groups is 4. The number of allylic oxidation sites excluding steroid dienone is 3. The molecule has 6 unspecified atom stereocenters. The number of likely N-dealkylation sites (tertiary alicyclic amines) is 1. The van der Waals surface area contributed by atoms with Crippen LogP contribution in [0.1, 0.15) is 30.9 Å². The monoisotopic (exact) mass is 608 g/mol. The summed E-state index contributed by atoms with van der Waals surface area (Å²) in [6.45, 7) is 2.03. The summed E-state index contributed by atoms with van der Waals surface area (Å²) >= 11 is 14.3.